The number of anilines is 1. The molecule has 2 amide bonds. The number of hydrogen-bond donors (Lipinski definition) is 2. The fraction of sp³-hybridized carbons (Fsp3) is 0.100. The van der Waals surface area contributed by atoms with Crippen molar-refractivity contribution in [2.24, 2.45) is 0 Å². The van der Waals surface area contributed by atoms with E-state index in [1.165, 1.54) is 11.3 Å². The summed E-state index contributed by atoms with van der Waals surface area (Å²) in [6.45, 7) is 1.93. The summed E-state index contributed by atoms with van der Waals surface area (Å²) < 4.78 is 0.880. The van der Waals surface area contributed by atoms with Crippen molar-refractivity contribution < 1.29 is 9.59 Å². The van der Waals surface area contributed by atoms with Gasteiger partial charge in [-0.1, -0.05) is 42.5 Å². The van der Waals surface area contributed by atoms with Gasteiger partial charge in [-0.15, -0.1) is 11.3 Å². The topological polar surface area (TPSA) is 58.2 Å². The third-order valence-corrected chi connectivity index (χ3v) is 5.49. The second kappa shape index (κ2) is 8.29. The van der Waals surface area contributed by atoms with Crippen LogP contribution in [0.15, 0.2) is 70.5 Å². The zero-order chi connectivity index (χ0) is 18.5. The molecule has 0 fully saturated rings. The minimum atomic E-state index is -0.239. The van der Waals surface area contributed by atoms with E-state index in [1.54, 1.807) is 30.3 Å². The number of thiophene rings is 1. The van der Waals surface area contributed by atoms with Crippen molar-refractivity contribution in [1.29, 1.82) is 0 Å². The van der Waals surface area contributed by atoms with Crippen molar-refractivity contribution in [1.82, 2.24) is 5.32 Å². The van der Waals surface area contributed by atoms with Crippen LogP contribution in [0.1, 0.15) is 38.6 Å². The predicted molar refractivity (Wildman–Crippen MR) is 109 cm³/mol. The Balaban J connectivity index is 1.76. The first-order valence-corrected chi connectivity index (χ1v) is 9.67. The number of nitrogens with one attached hydrogen (secondary N) is 2. The number of carbonyl (C=O) groups excluding carboxylic acids is 2. The molecular formula is C20H17BrN2O2S. The smallest absolute Gasteiger partial charge is 0.265 e. The van der Waals surface area contributed by atoms with Crippen molar-refractivity contribution in [3.63, 3.8) is 0 Å². The Kier molecular flexibility index (Phi) is 5.85. The van der Waals surface area contributed by atoms with Crippen molar-refractivity contribution >= 4 is 44.8 Å². The molecule has 3 rings (SSSR count). The lowest BCUT2D eigenvalue weighted by atomic mass is 10.1. The van der Waals surface area contributed by atoms with Crippen LogP contribution in [0.5, 0.6) is 0 Å². The monoisotopic (exact) mass is 428 g/mol. The van der Waals surface area contributed by atoms with E-state index in [9.17, 15) is 9.59 Å². The molecule has 132 valence electrons. The number of halogens is 1. The van der Waals surface area contributed by atoms with Gasteiger partial charge in [-0.2, -0.15) is 0 Å². The number of benzene rings is 2. The number of carbonyl (C=O) groups is 2. The number of para-hydroxylation sites is 1. The molecule has 3 aromatic rings. The molecular weight excluding hydrogens is 412 g/mol. The Morgan fingerprint density at radius 3 is 2.31 bits per heavy atom. The molecule has 4 nitrogen and oxygen atoms in total. The molecule has 26 heavy (non-hydrogen) atoms. The molecule has 6 heteroatoms. The molecule has 0 aliphatic heterocycles. The van der Waals surface area contributed by atoms with Crippen LogP contribution in [0.2, 0.25) is 0 Å². The van der Waals surface area contributed by atoms with Gasteiger partial charge in [-0.05, 0) is 52.7 Å². The summed E-state index contributed by atoms with van der Waals surface area (Å²) in [5.41, 5.74) is 1.94. The Morgan fingerprint density at radius 2 is 1.62 bits per heavy atom. The highest BCUT2D eigenvalue weighted by atomic mass is 79.9. The zero-order valence-corrected chi connectivity index (χ0v) is 16.4. The Bertz CT molecular complexity index is 924. The van der Waals surface area contributed by atoms with Gasteiger partial charge in [0.25, 0.3) is 11.8 Å². The quantitative estimate of drug-likeness (QED) is 0.582. The summed E-state index contributed by atoms with van der Waals surface area (Å²) in [7, 11) is 0. The summed E-state index contributed by atoms with van der Waals surface area (Å²) >= 11 is 4.69. The highest BCUT2D eigenvalue weighted by molar-refractivity contribution is 9.11. The number of rotatable bonds is 5. The first-order valence-electron chi connectivity index (χ1n) is 8.06. The SMILES string of the molecule is CC(NC(=O)c1ccccc1NC(=O)c1ccc(Br)s1)c1ccccc1. The van der Waals surface area contributed by atoms with E-state index >= 15 is 0 Å². The third kappa shape index (κ3) is 4.39. The van der Waals surface area contributed by atoms with Gasteiger partial charge in [0.05, 0.1) is 26.0 Å². The van der Waals surface area contributed by atoms with Crippen LogP contribution >= 0.6 is 27.3 Å². The Morgan fingerprint density at radius 1 is 0.923 bits per heavy atom. The van der Waals surface area contributed by atoms with Gasteiger partial charge in [0, 0.05) is 0 Å². The molecule has 1 unspecified atom stereocenters. The van der Waals surface area contributed by atoms with Crippen molar-refractivity contribution in [3.8, 4) is 0 Å². The number of amides is 2. The lowest BCUT2D eigenvalue weighted by Crippen LogP contribution is -2.27. The first-order chi connectivity index (χ1) is 12.5. The third-order valence-electron chi connectivity index (χ3n) is 3.86. The van der Waals surface area contributed by atoms with Crippen LogP contribution in [0, 0.1) is 0 Å². The standard InChI is InChI=1S/C20H17BrN2O2S/c1-13(14-7-3-2-4-8-14)22-19(24)15-9-5-6-10-16(15)23-20(25)17-11-12-18(21)26-17/h2-13H,1H3,(H,22,24)(H,23,25). The average Bonchev–Trinajstić information content (AvgIpc) is 3.09. The van der Waals surface area contributed by atoms with Gasteiger partial charge in [-0.3, -0.25) is 9.59 Å². The molecule has 0 bridgehead atoms. The Labute approximate surface area is 164 Å². The maximum absolute atomic E-state index is 12.7. The normalized spacial score (nSPS) is 11.6. The van der Waals surface area contributed by atoms with Crippen LogP contribution < -0.4 is 10.6 Å². The van der Waals surface area contributed by atoms with Crippen LogP contribution in [0.4, 0.5) is 5.69 Å². The van der Waals surface area contributed by atoms with Gasteiger partial charge >= 0.3 is 0 Å². The van der Waals surface area contributed by atoms with Gasteiger partial charge in [0.1, 0.15) is 0 Å². The fourth-order valence-corrected chi connectivity index (χ4v) is 3.79. The van der Waals surface area contributed by atoms with E-state index in [1.807, 2.05) is 43.3 Å². The molecule has 1 atom stereocenters. The van der Waals surface area contributed by atoms with Crippen molar-refractivity contribution in [2.45, 2.75) is 13.0 Å². The molecule has 0 aliphatic rings. The molecule has 2 aromatic carbocycles. The molecule has 1 heterocycles. The van der Waals surface area contributed by atoms with Crippen LogP contribution in [-0.4, -0.2) is 11.8 Å². The fourth-order valence-electron chi connectivity index (χ4n) is 2.51. The summed E-state index contributed by atoms with van der Waals surface area (Å²) in [4.78, 5) is 25.7. The average molecular weight is 429 g/mol. The van der Waals surface area contributed by atoms with E-state index in [4.69, 9.17) is 0 Å². The van der Waals surface area contributed by atoms with Crippen LogP contribution in [0.25, 0.3) is 0 Å². The van der Waals surface area contributed by atoms with E-state index < -0.39 is 0 Å². The van der Waals surface area contributed by atoms with Crippen molar-refractivity contribution in [3.05, 3.63) is 86.5 Å². The summed E-state index contributed by atoms with van der Waals surface area (Å²) in [6.07, 6.45) is 0. The highest BCUT2D eigenvalue weighted by Gasteiger charge is 2.17. The largest absolute Gasteiger partial charge is 0.345 e. The molecule has 0 aliphatic carbocycles. The molecule has 2 N–H and O–H groups in total. The second-order valence-electron chi connectivity index (χ2n) is 5.71. The Hall–Kier alpha value is -2.44. The predicted octanol–water partition coefficient (Wildman–Crippen LogP) is 5.25. The van der Waals surface area contributed by atoms with Crippen molar-refractivity contribution in [2.75, 3.05) is 5.32 Å². The van der Waals surface area contributed by atoms with Crippen LogP contribution in [-0.2, 0) is 0 Å². The van der Waals surface area contributed by atoms with Gasteiger partial charge in [0.2, 0.25) is 0 Å². The maximum atomic E-state index is 12.7. The highest BCUT2D eigenvalue weighted by Crippen LogP contribution is 2.24. The van der Waals surface area contributed by atoms with E-state index in [-0.39, 0.29) is 17.9 Å². The van der Waals surface area contributed by atoms with Gasteiger partial charge < -0.3 is 10.6 Å². The summed E-state index contributed by atoms with van der Waals surface area (Å²) in [5, 5.41) is 5.80. The van der Waals surface area contributed by atoms with E-state index in [2.05, 4.69) is 26.6 Å². The molecule has 0 spiro atoms. The lowest BCUT2D eigenvalue weighted by Gasteiger charge is -2.16. The molecule has 0 radical (unpaired) electrons. The molecule has 0 saturated heterocycles. The lowest BCUT2D eigenvalue weighted by molar-refractivity contribution is 0.0941. The van der Waals surface area contributed by atoms with Gasteiger partial charge in [-0.25, -0.2) is 0 Å². The first kappa shape index (κ1) is 18.4. The second-order valence-corrected chi connectivity index (χ2v) is 8.17. The minimum Gasteiger partial charge on any atom is -0.345 e. The zero-order valence-electron chi connectivity index (χ0n) is 14.0. The number of hydrogen-bond acceptors (Lipinski definition) is 3. The van der Waals surface area contributed by atoms with Crippen LogP contribution in [0.3, 0.4) is 0 Å². The molecule has 0 saturated carbocycles. The maximum Gasteiger partial charge on any atom is 0.265 e. The van der Waals surface area contributed by atoms with Gasteiger partial charge in [0.15, 0.2) is 0 Å². The summed E-state index contributed by atoms with van der Waals surface area (Å²) in [5.74, 6) is -0.471. The minimum absolute atomic E-state index is 0.138. The van der Waals surface area contributed by atoms with E-state index in [0.29, 0.717) is 16.1 Å². The summed E-state index contributed by atoms with van der Waals surface area (Å²) in [6, 6.07) is 20.2. The van der Waals surface area contributed by atoms with E-state index in [0.717, 1.165) is 9.35 Å². The molecule has 1 aromatic heterocycles.